The Morgan fingerprint density at radius 3 is 2.13 bits per heavy atom. The lowest BCUT2D eigenvalue weighted by Crippen LogP contribution is -2.53. The first-order chi connectivity index (χ1) is 22.1. The molecule has 0 radical (unpaired) electrons. The Morgan fingerprint density at radius 1 is 0.870 bits per heavy atom. The second-order valence-electron chi connectivity index (χ2n) is 10.6. The van der Waals surface area contributed by atoms with Crippen LogP contribution in [0.4, 0.5) is 5.69 Å². The van der Waals surface area contributed by atoms with Gasteiger partial charge in [0.2, 0.25) is 11.8 Å². The first-order valence-electron chi connectivity index (χ1n) is 14.9. The van der Waals surface area contributed by atoms with Crippen LogP contribution in [0.1, 0.15) is 30.9 Å². The van der Waals surface area contributed by atoms with E-state index in [0.717, 1.165) is 28.3 Å². The summed E-state index contributed by atoms with van der Waals surface area (Å²) in [5.41, 5.74) is 1.74. The third-order valence-electron chi connectivity index (χ3n) is 7.40. The number of carbonyl (C=O) groups excluding carboxylic acids is 2. The minimum atomic E-state index is -4.25. The second-order valence-corrected chi connectivity index (χ2v) is 13.3. The number of benzene rings is 4. The van der Waals surface area contributed by atoms with Gasteiger partial charge in [0.05, 0.1) is 22.7 Å². The number of rotatable bonds is 15. The molecule has 0 fully saturated rings. The zero-order valence-corrected chi connectivity index (χ0v) is 28.1. The summed E-state index contributed by atoms with van der Waals surface area (Å²) in [6.07, 6.45) is 1.88. The Hall–Kier alpha value is -4.05. The molecule has 0 aliphatic rings. The Morgan fingerprint density at radius 2 is 1.52 bits per heavy atom. The van der Waals surface area contributed by atoms with E-state index in [1.54, 1.807) is 48.5 Å². The van der Waals surface area contributed by atoms with E-state index < -0.39 is 28.5 Å². The van der Waals surface area contributed by atoms with Gasteiger partial charge in [-0.1, -0.05) is 97.2 Å². The molecule has 242 valence electrons. The van der Waals surface area contributed by atoms with Crippen molar-refractivity contribution in [3.63, 3.8) is 0 Å². The molecule has 11 heteroatoms. The summed E-state index contributed by atoms with van der Waals surface area (Å²) in [4.78, 5) is 29.8. The first kappa shape index (κ1) is 34.8. The smallest absolute Gasteiger partial charge is 0.264 e. The van der Waals surface area contributed by atoms with Gasteiger partial charge in [-0.25, -0.2) is 8.42 Å². The molecule has 4 aromatic rings. The van der Waals surface area contributed by atoms with Crippen molar-refractivity contribution in [1.29, 1.82) is 0 Å². The van der Waals surface area contributed by atoms with E-state index in [2.05, 4.69) is 5.32 Å². The van der Waals surface area contributed by atoms with Crippen LogP contribution in [0.5, 0.6) is 5.75 Å². The van der Waals surface area contributed by atoms with Gasteiger partial charge in [0.15, 0.2) is 0 Å². The molecule has 0 bridgehead atoms. The normalized spacial score (nSPS) is 11.8. The van der Waals surface area contributed by atoms with Crippen molar-refractivity contribution >= 4 is 50.7 Å². The number of amides is 2. The third kappa shape index (κ3) is 9.02. The maximum absolute atomic E-state index is 14.5. The molecule has 4 rings (SSSR count). The van der Waals surface area contributed by atoms with Crippen LogP contribution in [0.3, 0.4) is 0 Å². The Bertz CT molecular complexity index is 1710. The standard InChI is InChI=1S/C35H37Cl2N3O5S/c1-3-4-21-38-35(42)32(22-26-11-7-5-8-12-26)39(24-27-15-17-28(36)18-16-27)34(41)25-40(29-19-20-33(45-2)31(37)23-29)46(43,44)30-13-9-6-10-14-30/h5-20,23,32H,3-4,21-22,24-25H2,1-2H3,(H,38,42)/t32-/m1/s1. The largest absolute Gasteiger partial charge is 0.495 e. The van der Waals surface area contributed by atoms with E-state index in [-0.39, 0.29) is 34.5 Å². The molecule has 0 saturated heterocycles. The van der Waals surface area contributed by atoms with Crippen molar-refractivity contribution in [1.82, 2.24) is 10.2 Å². The Balaban J connectivity index is 1.80. The summed E-state index contributed by atoms with van der Waals surface area (Å²) in [5, 5.41) is 3.68. The van der Waals surface area contributed by atoms with Crippen LogP contribution in [-0.4, -0.2) is 51.4 Å². The number of ether oxygens (including phenoxy) is 1. The summed E-state index contributed by atoms with van der Waals surface area (Å²) in [5.74, 6) is -0.553. The Kier molecular flexibility index (Phi) is 12.5. The molecule has 0 aromatic heterocycles. The van der Waals surface area contributed by atoms with Crippen molar-refractivity contribution in [3.8, 4) is 5.75 Å². The van der Waals surface area contributed by atoms with Crippen LogP contribution in [0.15, 0.2) is 108 Å². The second kappa shape index (κ2) is 16.5. The maximum atomic E-state index is 14.5. The highest BCUT2D eigenvalue weighted by molar-refractivity contribution is 7.92. The lowest BCUT2D eigenvalue weighted by Gasteiger charge is -2.34. The highest BCUT2D eigenvalue weighted by Gasteiger charge is 2.34. The number of anilines is 1. The fourth-order valence-electron chi connectivity index (χ4n) is 4.91. The SMILES string of the molecule is CCCCNC(=O)[C@@H](Cc1ccccc1)N(Cc1ccc(Cl)cc1)C(=O)CN(c1ccc(OC)c(Cl)c1)S(=O)(=O)c1ccccc1. The van der Waals surface area contributed by atoms with Gasteiger partial charge in [0.25, 0.3) is 10.0 Å². The lowest BCUT2D eigenvalue weighted by atomic mass is 10.0. The molecule has 2 amide bonds. The third-order valence-corrected chi connectivity index (χ3v) is 9.74. The molecule has 0 spiro atoms. The van der Waals surface area contributed by atoms with Gasteiger partial charge in [-0.15, -0.1) is 0 Å². The number of halogens is 2. The summed E-state index contributed by atoms with van der Waals surface area (Å²) in [7, 11) is -2.80. The fourth-order valence-corrected chi connectivity index (χ4v) is 6.71. The van der Waals surface area contributed by atoms with Gasteiger partial charge in [-0.3, -0.25) is 13.9 Å². The minimum absolute atomic E-state index is 0.00265. The van der Waals surface area contributed by atoms with Crippen LogP contribution < -0.4 is 14.4 Å². The zero-order chi connectivity index (χ0) is 33.1. The highest BCUT2D eigenvalue weighted by atomic mass is 35.5. The van der Waals surface area contributed by atoms with E-state index in [1.807, 2.05) is 37.3 Å². The summed E-state index contributed by atoms with van der Waals surface area (Å²) in [6.45, 7) is 1.91. The number of carbonyl (C=O) groups is 2. The van der Waals surface area contributed by atoms with E-state index >= 15 is 0 Å². The van der Waals surface area contributed by atoms with Gasteiger partial charge in [-0.2, -0.15) is 0 Å². The number of nitrogens with zero attached hydrogens (tertiary/aromatic N) is 2. The monoisotopic (exact) mass is 681 g/mol. The zero-order valence-electron chi connectivity index (χ0n) is 25.7. The van der Waals surface area contributed by atoms with Crippen molar-refractivity contribution in [3.05, 3.63) is 124 Å². The van der Waals surface area contributed by atoms with Crippen molar-refractivity contribution in [2.45, 2.75) is 43.7 Å². The number of methoxy groups -OCH3 is 1. The number of hydrogen-bond donors (Lipinski definition) is 1. The summed E-state index contributed by atoms with van der Waals surface area (Å²) >= 11 is 12.6. The molecule has 46 heavy (non-hydrogen) atoms. The number of nitrogens with one attached hydrogen (secondary N) is 1. The molecule has 0 aliphatic heterocycles. The van der Waals surface area contributed by atoms with Gasteiger partial charge >= 0.3 is 0 Å². The fraction of sp³-hybridized carbons (Fsp3) is 0.257. The van der Waals surface area contributed by atoms with E-state index in [4.69, 9.17) is 27.9 Å². The molecular weight excluding hydrogens is 645 g/mol. The average molecular weight is 683 g/mol. The minimum Gasteiger partial charge on any atom is -0.495 e. The number of hydrogen-bond acceptors (Lipinski definition) is 5. The summed E-state index contributed by atoms with van der Waals surface area (Å²) in [6, 6.07) is 27.8. The molecule has 1 N–H and O–H groups in total. The predicted molar refractivity (Wildman–Crippen MR) is 183 cm³/mol. The quantitative estimate of drug-likeness (QED) is 0.140. The molecule has 0 saturated carbocycles. The molecule has 1 atom stereocenters. The molecule has 4 aromatic carbocycles. The average Bonchev–Trinajstić information content (AvgIpc) is 3.06. The van der Waals surface area contributed by atoms with Gasteiger partial charge < -0.3 is 15.0 Å². The topological polar surface area (TPSA) is 96.0 Å². The van der Waals surface area contributed by atoms with Crippen molar-refractivity contribution in [2.24, 2.45) is 0 Å². The summed E-state index contributed by atoms with van der Waals surface area (Å²) < 4.78 is 34.5. The molecule has 0 aliphatic carbocycles. The maximum Gasteiger partial charge on any atom is 0.264 e. The molecule has 0 heterocycles. The van der Waals surface area contributed by atoms with Crippen LogP contribution in [-0.2, 0) is 32.6 Å². The van der Waals surface area contributed by atoms with Gasteiger partial charge in [0, 0.05) is 24.5 Å². The van der Waals surface area contributed by atoms with Crippen molar-refractivity contribution < 1.29 is 22.7 Å². The first-order valence-corrected chi connectivity index (χ1v) is 17.1. The highest BCUT2D eigenvalue weighted by Crippen LogP contribution is 2.32. The van der Waals surface area contributed by atoms with Crippen LogP contribution in [0, 0.1) is 0 Å². The van der Waals surface area contributed by atoms with Crippen LogP contribution >= 0.6 is 23.2 Å². The van der Waals surface area contributed by atoms with E-state index in [1.165, 1.54) is 36.3 Å². The van der Waals surface area contributed by atoms with Crippen LogP contribution in [0.25, 0.3) is 0 Å². The molecular formula is C35H37Cl2N3O5S. The van der Waals surface area contributed by atoms with E-state index in [0.29, 0.717) is 17.3 Å². The Labute approximate surface area is 280 Å². The van der Waals surface area contributed by atoms with Gasteiger partial charge in [0.1, 0.15) is 18.3 Å². The number of sulfonamides is 1. The number of unbranched alkanes of at least 4 members (excludes halogenated alkanes) is 1. The van der Waals surface area contributed by atoms with Gasteiger partial charge in [-0.05, 0) is 60.0 Å². The van der Waals surface area contributed by atoms with Crippen LogP contribution in [0.2, 0.25) is 10.0 Å². The molecule has 8 nitrogen and oxygen atoms in total. The van der Waals surface area contributed by atoms with E-state index in [9.17, 15) is 18.0 Å². The van der Waals surface area contributed by atoms with Crippen molar-refractivity contribution in [2.75, 3.05) is 24.5 Å². The molecule has 0 unspecified atom stereocenters. The predicted octanol–water partition coefficient (Wildman–Crippen LogP) is 6.75. The lowest BCUT2D eigenvalue weighted by molar-refractivity contribution is -0.140.